The molecule has 2 N–H and O–H groups in total. The van der Waals surface area contributed by atoms with E-state index in [9.17, 15) is 4.79 Å². The Balaban J connectivity index is 1.94. The Morgan fingerprint density at radius 1 is 1.43 bits per heavy atom. The molecule has 1 amide bonds. The fourth-order valence-corrected chi connectivity index (χ4v) is 2.89. The van der Waals surface area contributed by atoms with E-state index < -0.39 is 0 Å². The van der Waals surface area contributed by atoms with Crippen molar-refractivity contribution >= 4 is 11.6 Å². The summed E-state index contributed by atoms with van der Waals surface area (Å²) in [5.74, 6) is 0.0797. The zero-order valence-electron chi connectivity index (χ0n) is 13.4. The van der Waals surface area contributed by atoms with E-state index in [0.29, 0.717) is 12.6 Å². The fraction of sp³-hybridized carbons (Fsp3) is 0.588. The van der Waals surface area contributed by atoms with E-state index in [1.54, 1.807) is 0 Å². The number of piperidine rings is 1. The highest BCUT2D eigenvalue weighted by atomic mass is 16.2. The largest absolute Gasteiger partial charge is 0.325 e. The number of carbonyl (C=O) groups is 1. The van der Waals surface area contributed by atoms with E-state index in [1.165, 1.54) is 18.4 Å². The molecule has 1 atom stereocenters. The average Bonchev–Trinajstić information content (AvgIpc) is 2.49. The molecule has 1 fully saturated rings. The summed E-state index contributed by atoms with van der Waals surface area (Å²) in [5, 5.41) is 6.47. The highest BCUT2D eigenvalue weighted by Crippen LogP contribution is 2.17. The Morgan fingerprint density at radius 2 is 2.24 bits per heavy atom. The van der Waals surface area contributed by atoms with Crippen LogP contribution in [0.1, 0.15) is 30.9 Å². The van der Waals surface area contributed by atoms with Crippen molar-refractivity contribution in [1.82, 2.24) is 10.2 Å². The van der Waals surface area contributed by atoms with Gasteiger partial charge in [0.1, 0.15) is 0 Å². The Hall–Kier alpha value is -1.39. The first-order valence-corrected chi connectivity index (χ1v) is 7.92. The van der Waals surface area contributed by atoms with Gasteiger partial charge in [0.05, 0.1) is 6.54 Å². The molecule has 1 aromatic carbocycles. The Morgan fingerprint density at radius 3 is 2.90 bits per heavy atom. The maximum Gasteiger partial charge on any atom is 0.238 e. The predicted molar refractivity (Wildman–Crippen MR) is 87.7 cm³/mol. The molecule has 1 aliphatic heterocycles. The van der Waals surface area contributed by atoms with Crippen LogP contribution in [0.4, 0.5) is 5.69 Å². The van der Waals surface area contributed by atoms with Gasteiger partial charge in [0.15, 0.2) is 0 Å². The molecule has 0 bridgehead atoms. The monoisotopic (exact) mass is 289 g/mol. The maximum absolute atomic E-state index is 12.3. The number of nitrogens with one attached hydrogen (secondary N) is 2. The molecule has 0 spiro atoms. The minimum atomic E-state index is 0.0797. The van der Waals surface area contributed by atoms with Gasteiger partial charge < -0.3 is 10.6 Å². The minimum absolute atomic E-state index is 0.0797. The molecular formula is C17H27N3O. The molecular weight excluding hydrogens is 262 g/mol. The van der Waals surface area contributed by atoms with Crippen LogP contribution in [0.3, 0.4) is 0 Å². The molecule has 2 rings (SSSR count). The smallest absolute Gasteiger partial charge is 0.238 e. The van der Waals surface area contributed by atoms with Gasteiger partial charge in [0, 0.05) is 18.3 Å². The number of anilines is 1. The van der Waals surface area contributed by atoms with Gasteiger partial charge in [-0.05, 0) is 57.0 Å². The number of aryl methyl sites for hydroxylation is 2. The second-order valence-corrected chi connectivity index (χ2v) is 5.93. The molecule has 4 nitrogen and oxygen atoms in total. The third kappa shape index (κ3) is 4.55. The first kappa shape index (κ1) is 16.0. The number of benzene rings is 1. The minimum Gasteiger partial charge on any atom is -0.325 e. The molecule has 1 aliphatic rings. The van der Waals surface area contributed by atoms with Gasteiger partial charge in [0.2, 0.25) is 5.91 Å². The van der Waals surface area contributed by atoms with E-state index in [-0.39, 0.29) is 5.91 Å². The summed E-state index contributed by atoms with van der Waals surface area (Å²) in [6.07, 6.45) is 2.37. The van der Waals surface area contributed by atoms with E-state index >= 15 is 0 Å². The SMILES string of the molecule is CCN(CC(=O)Nc1cc(C)ccc1C)C1CCCNC1. The van der Waals surface area contributed by atoms with Crippen LogP contribution >= 0.6 is 0 Å². The van der Waals surface area contributed by atoms with Crippen LogP contribution in [0.25, 0.3) is 0 Å². The summed E-state index contributed by atoms with van der Waals surface area (Å²) in [5.41, 5.74) is 3.20. The number of amides is 1. The van der Waals surface area contributed by atoms with E-state index in [4.69, 9.17) is 0 Å². The molecule has 0 radical (unpaired) electrons. The highest BCUT2D eigenvalue weighted by molar-refractivity contribution is 5.93. The molecule has 1 saturated heterocycles. The Kier molecular flexibility index (Phi) is 5.76. The number of likely N-dealkylation sites (N-methyl/N-ethyl adjacent to an activating group) is 1. The van der Waals surface area contributed by atoms with Crippen LogP contribution < -0.4 is 10.6 Å². The molecule has 1 aromatic rings. The van der Waals surface area contributed by atoms with Crippen molar-refractivity contribution in [3.8, 4) is 0 Å². The van der Waals surface area contributed by atoms with Crippen LogP contribution in [-0.4, -0.2) is 43.0 Å². The lowest BCUT2D eigenvalue weighted by atomic mass is 10.1. The van der Waals surface area contributed by atoms with Crippen LogP contribution in [0.2, 0.25) is 0 Å². The second kappa shape index (κ2) is 7.57. The lowest BCUT2D eigenvalue weighted by Gasteiger charge is -2.33. The van der Waals surface area contributed by atoms with Gasteiger partial charge >= 0.3 is 0 Å². The number of carbonyl (C=O) groups excluding carboxylic acids is 1. The zero-order chi connectivity index (χ0) is 15.2. The van der Waals surface area contributed by atoms with Gasteiger partial charge in [-0.2, -0.15) is 0 Å². The summed E-state index contributed by atoms with van der Waals surface area (Å²) in [7, 11) is 0. The average molecular weight is 289 g/mol. The summed E-state index contributed by atoms with van der Waals surface area (Å²) in [6, 6.07) is 6.63. The molecule has 21 heavy (non-hydrogen) atoms. The predicted octanol–water partition coefficient (Wildman–Crippen LogP) is 2.32. The van der Waals surface area contributed by atoms with E-state index in [1.807, 2.05) is 26.0 Å². The van der Waals surface area contributed by atoms with Crippen LogP contribution in [0.5, 0.6) is 0 Å². The van der Waals surface area contributed by atoms with Gasteiger partial charge in [-0.3, -0.25) is 9.69 Å². The summed E-state index contributed by atoms with van der Waals surface area (Å²) in [4.78, 5) is 14.6. The van der Waals surface area contributed by atoms with Gasteiger partial charge in [0.25, 0.3) is 0 Å². The molecule has 1 unspecified atom stereocenters. The normalized spacial score (nSPS) is 18.8. The van der Waals surface area contributed by atoms with Crippen molar-refractivity contribution in [3.05, 3.63) is 29.3 Å². The molecule has 0 aromatic heterocycles. The standard InChI is InChI=1S/C17H27N3O/c1-4-20(15-6-5-9-18-11-15)12-17(21)19-16-10-13(2)7-8-14(16)3/h7-8,10,15,18H,4-6,9,11-12H2,1-3H3,(H,19,21). The van der Waals surface area contributed by atoms with Crippen molar-refractivity contribution in [1.29, 1.82) is 0 Å². The number of nitrogens with zero attached hydrogens (tertiary/aromatic N) is 1. The van der Waals surface area contributed by atoms with Crippen molar-refractivity contribution in [3.63, 3.8) is 0 Å². The quantitative estimate of drug-likeness (QED) is 0.874. The summed E-state index contributed by atoms with van der Waals surface area (Å²) in [6.45, 7) is 9.66. The summed E-state index contributed by atoms with van der Waals surface area (Å²) < 4.78 is 0. The number of hydrogen-bond acceptors (Lipinski definition) is 3. The molecule has 0 aliphatic carbocycles. The number of hydrogen-bond donors (Lipinski definition) is 2. The molecule has 0 saturated carbocycles. The Bertz CT molecular complexity index is 481. The third-order valence-corrected chi connectivity index (χ3v) is 4.21. The maximum atomic E-state index is 12.3. The van der Waals surface area contributed by atoms with Gasteiger partial charge in [-0.1, -0.05) is 19.1 Å². The topological polar surface area (TPSA) is 44.4 Å². The van der Waals surface area contributed by atoms with Crippen LogP contribution in [-0.2, 0) is 4.79 Å². The third-order valence-electron chi connectivity index (χ3n) is 4.21. The Labute approximate surface area is 127 Å². The summed E-state index contributed by atoms with van der Waals surface area (Å²) >= 11 is 0. The van der Waals surface area contributed by atoms with Crippen molar-refractivity contribution in [2.45, 2.75) is 39.7 Å². The fourth-order valence-electron chi connectivity index (χ4n) is 2.89. The first-order chi connectivity index (χ1) is 10.1. The van der Waals surface area contributed by atoms with Crippen molar-refractivity contribution in [2.75, 3.05) is 31.5 Å². The first-order valence-electron chi connectivity index (χ1n) is 7.92. The highest BCUT2D eigenvalue weighted by Gasteiger charge is 2.21. The van der Waals surface area contributed by atoms with Gasteiger partial charge in [-0.15, -0.1) is 0 Å². The molecule has 1 heterocycles. The van der Waals surface area contributed by atoms with Crippen LogP contribution in [0, 0.1) is 13.8 Å². The lowest BCUT2D eigenvalue weighted by molar-refractivity contribution is -0.117. The zero-order valence-corrected chi connectivity index (χ0v) is 13.4. The van der Waals surface area contributed by atoms with Crippen molar-refractivity contribution in [2.24, 2.45) is 0 Å². The number of rotatable bonds is 5. The van der Waals surface area contributed by atoms with E-state index in [2.05, 4.69) is 28.5 Å². The molecule has 4 heteroatoms. The van der Waals surface area contributed by atoms with Gasteiger partial charge in [-0.25, -0.2) is 0 Å². The van der Waals surface area contributed by atoms with Crippen LogP contribution in [0.15, 0.2) is 18.2 Å². The van der Waals surface area contributed by atoms with Crippen molar-refractivity contribution < 1.29 is 4.79 Å². The molecule has 116 valence electrons. The second-order valence-electron chi connectivity index (χ2n) is 5.93. The lowest BCUT2D eigenvalue weighted by Crippen LogP contribution is -2.48. The van der Waals surface area contributed by atoms with E-state index in [0.717, 1.165) is 30.9 Å².